The third-order valence-electron chi connectivity index (χ3n) is 1.03. The molecule has 0 rings (SSSR count). The van der Waals surface area contributed by atoms with E-state index >= 15 is 0 Å². The Kier molecular flexibility index (Phi) is 13.9. The molecule has 0 aromatic heterocycles. The quantitative estimate of drug-likeness (QED) is 0.639. The van der Waals surface area contributed by atoms with E-state index in [1.807, 2.05) is 13.0 Å². The topological polar surface area (TPSA) is 37.3 Å². The molecule has 66 valence electrons. The van der Waals surface area contributed by atoms with Gasteiger partial charge in [-0.05, 0) is 12.8 Å². The molecule has 0 aliphatic heterocycles. The van der Waals surface area contributed by atoms with Gasteiger partial charge in [0, 0.05) is 6.42 Å². The van der Waals surface area contributed by atoms with E-state index in [-0.39, 0.29) is 0 Å². The van der Waals surface area contributed by atoms with Gasteiger partial charge in [0.05, 0.1) is 0 Å². The zero-order valence-corrected chi connectivity index (χ0v) is 7.47. The number of hydrogen-bond acceptors (Lipinski definition) is 1. The van der Waals surface area contributed by atoms with Gasteiger partial charge in [-0.15, -0.1) is 6.58 Å². The van der Waals surface area contributed by atoms with Crippen LogP contribution in [-0.2, 0) is 4.79 Å². The molecule has 2 heteroatoms. The molecule has 0 fully saturated rings. The molecule has 11 heavy (non-hydrogen) atoms. The molecular formula is C9H18O2. The lowest BCUT2D eigenvalue weighted by molar-refractivity contribution is -0.137. The van der Waals surface area contributed by atoms with Gasteiger partial charge >= 0.3 is 5.97 Å². The first kappa shape index (κ1) is 12.8. The van der Waals surface area contributed by atoms with Crippen molar-refractivity contribution in [1.29, 1.82) is 0 Å². The second-order valence-corrected chi connectivity index (χ2v) is 2.19. The number of hydrogen-bond donors (Lipinski definition) is 1. The highest BCUT2D eigenvalue weighted by atomic mass is 16.4. The summed E-state index contributed by atoms with van der Waals surface area (Å²) in [5.74, 6) is -0.693. The molecule has 0 heterocycles. The van der Waals surface area contributed by atoms with Gasteiger partial charge in [0.15, 0.2) is 0 Å². The average molecular weight is 158 g/mol. The van der Waals surface area contributed by atoms with Crippen molar-refractivity contribution >= 4 is 5.97 Å². The van der Waals surface area contributed by atoms with Crippen LogP contribution in [0.15, 0.2) is 12.7 Å². The molecule has 0 saturated heterocycles. The second-order valence-electron chi connectivity index (χ2n) is 2.19. The second kappa shape index (κ2) is 11.9. The molecule has 0 bridgehead atoms. The van der Waals surface area contributed by atoms with Crippen LogP contribution in [0.4, 0.5) is 0 Å². The summed E-state index contributed by atoms with van der Waals surface area (Å²) in [6.45, 7) is 7.52. The van der Waals surface area contributed by atoms with Crippen molar-refractivity contribution in [2.75, 3.05) is 0 Å². The van der Waals surface area contributed by atoms with E-state index in [9.17, 15) is 4.79 Å². The van der Waals surface area contributed by atoms with Crippen molar-refractivity contribution < 1.29 is 9.90 Å². The molecule has 0 spiro atoms. The van der Waals surface area contributed by atoms with Crippen LogP contribution in [0, 0.1) is 0 Å². The maximum Gasteiger partial charge on any atom is 0.303 e. The highest BCUT2D eigenvalue weighted by Crippen LogP contribution is 1.91. The molecular weight excluding hydrogens is 140 g/mol. The molecule has 0 radical (unpaired) electrons. The lowest BCUT2D eigenvalue weighted by Crippen LogP contribution is -1.91. The van der Waals surface area contributed by atoms with Crippen LogP contribution in [0.3, 0.4) is 0 Å². The number of carboxylic acid groups (broad SMARTS) is 1. The van der Waals surface area contributed by atoms with Crippen LogP contribution < -0.4 is 0 Å². The van der Waals surface area contributed by atoms with Crippen LogP contribution in [0.5, 0.6) is 0 Å². The molecule has 0 saturated carbocycles. The maximum atomic E-state index is 9.76. The normalized spacial score (nSPS) is 7.82. The summed E-state index contributed by atoms with van der Waals surface area (Å²) >= 11 is 0. The minimum Gasteiger partial charge on any atom is -0.481 e. The molecule has 0 aromatic carbocycles. The number of allylic oxidation sites excluding steroid dienone is 1. The van der Waals surface area contributed by atoms with Crippen molar-refractivity contribution in [1.82, 2.24) is 0 Å². The zero-order chi connectivity index (χ0) is 9.11. The predicted octanol–water partition coefficient (Wildman–Crippen LogP) is 2.84. The monoisotopic (exact) mass is 158 g/mol. The first-order valence-electron chi connectivity index (χ1n) is 4.01. The fourth-order valence-corrected chi connectivity index (χ4v) is 0.328. The van der Waals surface area contributed by atoms with Gasteiger partial charge in [0.2, 0.25) is 0 Å². The lowest BCUT2D eigenvalue weighted by atomic mass is 10.3. The summed E-state index contributed by atoms with van der Waals surface area (Å²) in [5.41, 5.74) is 0. The SMILES string of the molecule is C=CCC.CCCCC(=O)O. The van der Waals surface area contributed by atoms with Crippen molar-refractivity contribution in [3.63, 3.8) is 0 Å². The van der Waals surface area contributed by atoms with Gasteiger partial charge in [-0.3, -0.25) is 4.79 Å². The van der Waals surface area contributed by atoms with E-state index in [2.05, 4.69) is 13.5 Å². The number of rotatable bonds is 4. The minimum absolute atomic E-state index is 0.316. The van der Waals surface area contributed by atoms with Crippen LogP contribution in [0.2, 0.25) is 0 Å². The first-order valence-corrected chi connectivity index (χ1v) is 4.01. The Labute approximate surface area is 68.9 Å². The molecule has 0 aromatic rings. The van der Waals surface area contributed by atoms with E-state index in [1.54, 1.807) is 0 Å². The van der Waals surface area contributed by atoms with Gasteiger partial charge < -0.3 is 5.11 Å². The standard InChI is InChI=1S/C5H10O2.C4H8/c1-2-3-4-5(6)7;1-3-4-2/h2-4H2,1H3,(H,6,7);3H,1,4H2,2H3. The van der Waals surface area contributed by atoms with E-state index in [4.69, 9.17) is 5.11 Å². The third kappa shape index (κ3) is 27.0. The fourth-order valence-electron chi connectivity index (χ4n) is 0.328. The Hall–Kier alpha value is -0.790. The van der Waals surface area contributed by atoms with Crippen LogP contribution >= 0.6 is 0 Å². The number of carboxylic acids is 1. The number of carbonyl (C=O) groups is 1. The first-order chi connectivity index (χ1) is 5.18. The van der Waals surface area contributed by atoms with Crippen LogP contribution in [0.25, 0.3) is 0 Å². The summed E-state index contributed by atoms with van der Waals surface area (Å²) < 4.78 is 0. The van der Waals surface area contributed by atoms with Gasteiger partial charge in [0.25, 0.3) is 0 Å². The molecule has 0 unspecified atom stereocenters. The Balaban J connectivity index is 0. The number of aliphatic carboxylic acids is 1. The Morgan fingerprint density at radius 2 is 2.00 bits per heavy atom. The summed E-state index contributed by atoms with van der Waals surface area (Å²) in [4.78, 5) is 9.76. The molecule has 1 N–H and O–H groups in total. The molecule has 0 amide bonds. The van der Waals surface area contributed by atoms with Gasteiger partial charge in [-0.25, -0.2) is 0 Å². The Morgan fingerprint density at radius 3 is 2.09 bits per heavy atom. The van der Waals surface area contributed by atoms with Crippen molar-refractivity contribution in [2.45, 2.75) is 39.5 Å². The zero-order valence-electron chi connectivity index (χ0n) is 7.47. The van der Waals surface area contributed by atoms with E-state index in [1.165, 1.54) is 0 Å². The summed E-state index contributed by atoms with van der Waals surface area (Å²) in [7, 11) is 0. The smallest absolute Gasteiger partial charge is 0.303 e. The van der Waals surface area contributed by atoms with E-state index in [0.29, 0.717) is 6.42 Å². The highest BCUT2D eigenvalue weighted by Gasteiger charge is 1.90. The van der Waals surface area contributed by atoms with E-state index in [0.717, 1.165) is 19.3 Å². The van der Waals surface area contributed by atoms with Gasteiger partial charge in [-0.2, -0.15) is 0 Å². The van der Waals surface area contributed by atoms with E-state index < -0.39 is 5.97 Å². The third-order valence-corrected chi connectivity index (χ3v) is 1.03. The molecule has 0 atom stereocenters. The largest absolute Gasteiger partial charge is 0.481 e. The fraction of sp³-hybridized carbons (Fsp3) is 0.667. The highest BCUT2D eigenvalue weighted by molar-refractivity contribution is 5.66. The summed E-state index contributed by atoms with van der Waals surface area (Å²) in [6.07, 6.45) is 5.04. The maximum absolute atomic E-state index is 9.76. The lowest BCUT2D eigenvalue weighted by Gasteiger charge is -1.85. The van der Waals surface area contributed by atoms with Crippen molar-refractivity contribution in [3.05, 3.63) is 12.7 Å². The molecule has 0 aliphatic carbocycles. The Morgan fingerprint density at radius 1 is 1.55 bits per heavy atom. The van der Waals surface area contributed by atoms with Gasteiger partial charge in [-0.1, -0.05) is 26.3 Å². The minimum atomic E-state index is -0.693. The van der Waals surface area contributed by atoms with Gasteiger partial charge in [0.1, 0.15) is 0 Å². The van der Waals surface area contributed by atoms with Crippen molar-refractivity contribution in [3.8, 4) is 0 Å². The predicted molar refractivity (Wildman–Crippen MR) is 47.6 cm³/mol. The average Bonchev–Trinajstić information content (AvgIpc) is 2.01. The van der Waals surface area contributed by atoms with Crippen molar-refractivity contribution in [2.24, 2.45) is 0 Å². The Bertz CT molecular complexity index is 97.7. The summed E-state index contributed by atoms with van der Waals surface area (Å²) in [6, 6.07) is 0. The number of unbranched alkanes of at least 4 members (excludes halogenated alkanes) is 1. The summed E-state index contributed by atoms with van der Waals surface area (Å²) in [5, 5.41) is 8.04. The molecule has 2 nitrogen and oxygen atoms in total. The molecule has 0 aliphatic rings. The van der Waals surface area contributed by atoms with Crippen LogP contribution in [0.1, 0.15) is 39.5 Å². The van der Waals surface area contributed by atoms with Crippen LogP contribution in [-0.4, -0.2) is 11.1 Å².